The third kappa shape index (κ3) is 3.90. The van der Waals surface area contributed by atoms with E-state index < -0.39 is 33.0 Å². The van der Waals surface area contributed by atoms with Gasteiger partial charge in [-0.05, 0) is 112 Å². The lowest BCUT2D eigenvalue weighted by Gasteiger charge is -2.59. The van der Waals surface area contributed by atoms with Crippen LogP contribution in [0.3, 0.4) is 0 Å². The largest absolute Gasteiger partial charge is 0.465 e. The van der Waals surface area contributed by atoms with Gasteiger partial charge in [0, 0.05) is 0 Å². The molecule has 8 aliphatic carbocycles. The molecule has 8 bridgehead atoms. The zero-order valence-corrected chi connectivity index (χ0v) is 21.1. The highest BCUT2D eigenvalue weighted by Gasteiger charge is 2.60. The molecule has 8 rings (SSSR count). The van der Waals surface area contributed by atoms with Crippen molar-refractivity contribution in [2.75, 3.05) is 6.61 Å². The van der Waals surface area contributed by atoms with E-state index in [-0.39, 0.29) is 42.4 Å². The van der Waals surface area contributed by atoms with E-state index in [0.717, 1.165) is 37.5 Å². The van der Waals surface area contributed by atoms with Crippen molar-refractivity contribution in [3.63, 3.8) is 0 Å². The van der Waals surface area contributed by atoms with Gasteiger partial charge < -0.3 is 14.2 Å². The van der Waals surface area contributed by atoms with Crippen molar-refractivity contribution >= 4 is 22.1 Å². The summed E-state index contributed by atoms with van der Waals surface area (Å²) in [5, 5.41) is -4.98. The first kappa shape index (κ1) is 25.0. The van der Waals surface area contributed by atoms with Crippen LogP contribution in [-0.2, 0) is 33.9 Å². The van der Waals surface area contributed by atoms with Crippen molar-refractivity contribution < 1.29 is 45.6 Å². The highest BCUT2D eigenvalue weighted by molar-refractivity contribution is 7.87. The minimum absolute atomic E-state index is 0.103. The van der Waals surface area contributed by atoms with Gasteiger partial charge in [0.05, 0.1) is 6.10 Å². The lowest BCUT2D eigenvalue weighted by Crippen LogP contribution is -2.59. The molecule has 8 fully saturated rings. The number of alkyl halides is 2. The first-order valence-electron chi connectivity index (χ1n) is 13.2. The summed E-state index contributed by atoms with van der Waals surface area (Å²) in [6.45, 7) is 2.00. The molecule has 0 saturated heterocycles. The average Bonchev–Trinajstić information content (AvgIpc) is 2.77. The van der Waals surface area contributed by atoms with E-state index in [4.69, 9.17) is 18.8 Å². The molecule has 0 spiro atoms. The topological polar surface area (TPSA) is 116 Å². The van der Waals surface area contributed by atoms with Gasteiger partial charge in [0.25, 0.3) is 0 Å². The van der Waals surface area contributed by atoms with Gasteiger partial charge in [-0.1, -0.05) is 0 Å². The molecule has 0 aliphatic heterocycles. The fourth-order valence-electron chi connectivity index (χ4n) is 9.27. The van der Waals surface area contributed by atoms with Crippen molar-refractivity contribution in [3.8, 4) is 0 Å². The maximum absolute atomic E-state index is 13.7. The van der Waals surface area contributed by atoms with Crippen LogP contribution in [0.2, 0.25) is 0 Å². The molecule has 36 heavy (non-hydrogen) atoms. The van der Waals surface area contributed by atoms with Gasteiger partial charge in [-0.15, -0.1) is 0 Å². The van der Waals surface area contributed by atoms with Crippen LogP contribution >= 0.6 is 0 Å². The van der Waals surface area contributed by atoms with Gasteiger partial charge in [0.2, 0.25) is 0 Å². The molecule has 0 aromatic heterocycles. The lowest BCUT2D eigenvalue weighted by atomic mass is 9.50. The molecule has 8 aliphatic rings. The van der Waals surface area contributed by atoms with Crippen LogP contribution in [0.25, 0.3) is 0 Å². The van der Waals surface area contributed by atoms with Gasteiger partial charge in [0.1, 0.15) is 18.3 Å². The quantitative estimate of drug-likeness (QED) is 0.391. The first-order chi connectivity index (χ1) is 16.8. The molecule has 11 heteroatoms. The van der Waals surface area contributed by atoms with Crippen molar-refractivity contribution in [1.82, 2.24) is 0 Å². The Labute approximate surface area is 209 Å². The minimum Gasteiger partial charge on any atom is -0.457 e. The first-order valence-corrected chi connectivity index (χ1v) is 14.7. The Morgan fingerprint density at radius 2 is 1.33 bits per heavy atom. The number of rotatable bonds is 7. The lowest BCUT2D eigenvalue weighted by molar-refractivity contribution is -0.219. The standard InChI is InChI=1S/C25H34F2O8S/c1-24(18-3-12-2-13(5-18)6-19(24)4-12)35-20(28)11-33-21-14-7-16-9-15(21)10-17(8-14)22(16)34-23(29)25(26,27)36(30,31)32/h12-19,21-22H,2-11H2,1H3,(H,30,31,32). The van der Waals surface area contributed by atoms with E-state index in [1.54, 1.807) is 0 Å². The number of carbonyl (C=O) groups excluding carboxylic acids is 2. The molecular formula is C25H34F2O8S. The van der Waals surface area contributed by atoms with E-state index in [9.17, 15) is 26.8 Å². The predicted molar refractivity (Wildman–Crippen MR) is 120 cm³/mol. The zero-order valence-electron chi connectivity index (χ0n) is 20.3. The van der Waals surface area contributed by atoms with Crippen LogP contribution in [0.15, 0.2) is 0 Å². The van der Waals surface area contributed by atoms with Crippen LogP contribution in [0.4, 0.5) is 8.78 Å². The number of ether oxygens (including phenoxy) is 3. The average molecular weight is 533 g/mol. The molecule has 1 N–H and O–H groups in total. The van der Waals surface area contributed by atoms with Gasteiger partial charge in [0.15, 0.2) is 0 Å². The Bertz CT molecular complexity index is 985. The minimum atomic E-state index is -5.90. The highest BCUT2D eigenvalue weighted by atomic mass is 32.2. The van der Waals surface area contributed by atoms with Crippen molar-refractivity contribution in [2.24, 2.45) is 47.3 Å². The summed E-state index contributed by atoms with van der Waals surface area (Å²) in [5.74, 6) is -0.215. The van der Waals surface area contributed by atoms with Crippen LogP contribution in [0.1, 0.15) is 64.7 Å². The van der Waals surface area contributed by atoms with Gasteiger partial charge in [-0.25, -0.2) is 9.59 Å². The molecule has 0 aromatic rings. The van der Waals surface area contributed by atoms with Crippen LogP contribution in [0, 0.1) is 47.3 Å². The predicted octanol–water partition coefficient (Wildman–Crippen LogP) is 3.59. The smallest absolute Gasteiger partial charge is 0.457 e. The summed E-state index contributed by atoms with van der Waals surface area (Å²) in [6, 6.07) is 0. The van der Waals surface area contributed by atoms with Gasteiger partial charge in [-0.3, -0.25) is 4.55 Å². The molecule has 0 radical (unpaired) electrons. The number of halogens is 2. The Morgan fingerprint density at radius 1 is 0.861 bits per heavy atom. The maximum Gasteiger partial charge on any atom is 0.465 e. The van der Waals surface area contributed by atoms with E-state index in [0.29, 0.717) is 37.5 Å². The van der Waals surface area contributed by atoms with E-state index >= 15 is 0 Å². The number of esters is 2. The van der Waals surface area contributed by atoms with Crippen LogP contribution < -0.4 is 0 Å². The Morgan fingerprint density at radius 3 is 1.81 bits per heavy atom. The SMILES string of the molecule is CC1(OC(=O)COC2C3CC4CC2CC(C3)C4OC(=O)C(F)(F)S(=O)(=O)O)C2CC3CC(C2)CC1C3. The molecule has 0 unspecified atom stereocenters. The zero-order chi connectivity index (χ0) is 25.6. The molecular weight excluding hydrogens is 498 g/mol. The molecule has 0 amide bonds. The molecule has 0 aromatic carbocycles. The fraction of sp³-hybridized carbons (Fsp3) is 0.920. The Balaban J connectivity index is 1.03. The van der Waals surface area contributed by atoms with Crippen molar-refractivity contribution in [1.29, 1.82) is 0 Å². The van der Waals surface area contributed by atoms with Crippen LogP contribution in [0.5, 0.6) is 0 Å². The summed E-state index contributed by atoms with van der Waals surface area (Å²) in [4.78, 5) is 24.7. The van der Waals surface area contributed by atoms with E-state index in [1.807, 2.05) is 0 Å². The summed E-state index contributed by atoms with van der Waals surface area (Å²) < 4.78 is 75.0. The fourth-order valence-corrected chi connectivity index (χ4v) is 9.53. The molecule has 8 saturated carbocycles. The number of hydrogen-bond acceptors (Lipinski definition) is 7. The second kappa shape index (κ2) is 8.33. The van der Waals surface area contributed by atoms with Gasteiger partial charge >= 0.3 is 27.3 Å². The Hall–Kier alpha value is -1.33. The van der Waals surface area contributed by atoms with Crippen molar-refractivity contribution in [3.05, 3.63) is 0 Å². The summed E-state index contributed by atoms with van der Waals surface area (Å²) >= 11 is 0. The van der Waals surface area contributed by atoms with E-state index in [1.165, 1.54) is 6.42 Å². The third-order valence-corrected chi connectivity index (χ3v) is 11.4. The summed E-state index contributed by atoms with van der Waals surface area (Å²) in [5.41, 5.74) is -0.404. The second-order valence-corrected chi connectivity index (χ2v) is 14.0. The monoisotopic (exact) mass is 532 g/mol. The normalized spacial score (nSPS) is 46.7. The molecule has 0 atom stereocenters. The maximum atomic E-state index is 13.7. The summed E-state index contributed by atoms with van der Waals surface area (Å²) in [6.07, 6.45) is 7.34. The van der Waals surface area contributed by atoms with Crippen LogP contribution in [-0.4, -0.2) is 54.6 Å². The highest BCUT2D eigenvalue weighted by Crippen LogP contribution is 2.60. The second-order valence-electron chi connectivity index (χ2n) is 12.6. The Kier molecular flexibility index (Phi) is 5.78. The van der Waals surface area contributed by atoms with Crippen molar-refractivity contribution in [2.45, 2.75) is 87.8 Å². The third-order valence-electron chi connectivity index (χ3n) is 10.6. The summed E-state index contributed by atoms with van der Waals surface area (Å²) in [7, 11) is -5.90. The molecule has 0 heterocycles. The number of carbonyl (C=O) groups is 2. The molecule has 8 nitrogen and oxygen atoms in total. The van der Waals surface area contributed by atoms with E-state index in [2.05, 4.69) is 6.92 Å². The molecule has 202 valence electrons. The number of hydrogen-bond donors (Lipinski definition) is 1. The van der Waals surface area contributed by atoms with Gasteiger partial charge in [-0.2, -0.15) is 17.2 Å².